The standard InChI is InChI=1S/C13H13FN2S/c14-12-4-2-1-3-11(12)13-16-10(8-17-13)7-15-9-5-6-9/h1-4,8-9,15H,5-7H2. The van der Waals surface area contributed by atoms with Crippen molar-refractivity contribution in [3.8, 4) is 10.6 Å². The van der Waals surface area contributed by atoms with Gasteiger partial charge in [0.1, 0.15) is 10.8 Å². The van der Waals surface area contributed by atoms with Crippen LogP contribution in [0.3, 0.4) is 0 Å². The molecule has 1 aromatic carbocycles. The van der Waals surface area contributed by atoms with Crippen LogP contribution >= 0.6 is 11.3 Å². The SMILES string of the molecule is Fc1ccccc1-c1nc(CNC2CC2)cs1. The largest absolute Gasteiger partial charge is 0.308 e. The number of hydrogen-bond donors (Lipinski definition) is 1. The van der Waals surface area contributed by atoms with Gasteiger partial charge in [0.05, 0.1) is 5.69 Å². The Bertz CT molecular complexity index is 520. The zero-order valence-electron chi connectivity index (χ0n) is 9.32. The van der Waals surface area contributed by atoms with Crippen LogP contribution in [0.5, 0.6) is 0 Å². The van der Waals surface area contributed by atoms with Gasteiger partial charge >= 0.3 is 0 Å². The summed E-state index contributed by atoms with van der Waals surface area (Å²) in [7, 11) is 0. The monoisotopic (exact) mass is 248 g/mol. The Morgan fingerprint density at radius 3 is 2.94 bits per heavy atom. The molecular weight excluding hydrogens is 235 g/mol. The number of aromatic nitrogens is 1. The average Bonchev–Trinajstić information content (AvgIpc) is 3.06. The molecule has 4 heteroatoms. The molecule has 0 amide bonds. The molecule has 1 N–H and O–H groups in total. The molecule has 1 heterocycles. The first kappa shape index (κ1) is 10.9. The quantitative estimate of drug-likeness (QED) is 0.898. The second kappa shape index (κ2) is 4.55. The Morgan fingerprint density at radius 1 is 1.35 bits per heavy atom. The van der Waals surface area contributed by atoms with Crippen LogP contribution in [-0.2, 0) is 6.54 Å². The van der Waals surface area contributed by atoms with E-state index >= 15 is 0 Å². The minimum atomic E-state index is -0.205. The first-order valence-corrected chi connectivity index (χ1v) is 6.63. The smallest absolute Gasteiger partial charge is 0.133 e. The maximum atomic E-state index is 13.6. The zero-order valence-corrected chi connectivity index (χ0v) is 10.1. The summed E-state index contributed by atoms with van der Waals surface area (Å²) in [5, 5.41) is 6.16. The van der Waals surface area contributed by atoms with E-state index in [1.807, 2.05) is 11.4 Å². The van der Waals surface area contributed by atoms with Gasteiger partial charge in [-0.05, 0) is 25.0 Å². The Kier molecular flexibility index (Phi) is 2.91. The van der Waals surface area contributed by atoms with E-state index in [-0.39, 0.29) is 5.82 Å². The Balaban J connectivity index is 1.77. The number of nitrogens with zero attached hydrogens (tertiary/aromatic N) is 1. The van der Waals surface area contributed by atoms with Crippen molar-refractivity contribution < 1.29 is 4.39 Å². The van der Waals surface area contributed by atoms with Gasteiger partial charge < -0.3 is 5.32 Å². The lowest BCUT2D eigenvalue weighted by Crippen LogP contribution is -2.15. The summed E-state index contributed by atoms with van der Waals surface area (Å²) < 4.78 is 13.6. The number of benzene rings is 1. The van der Waals surface area contributed by atoms with E-state index in [2.05, 4.69) is 10.3 Å². The predicted octanol–water partition coefficient (Wildman–Crippen LogP) is 3.20. The van der Waals surface area contributed by atoms with Crippen molar-refractivity contribution in [2.45, 2.75) is 25.4 Å². The first-order chi connectivity index (χ1) is 8.33. The summed E-state index contributed by atoms with van der Waals surface area (Å²) in [4.78, 5) is 4.46. The lowest BCUT2D eigenvalue weighted by atomic mass is 10.2. The van der Waals surface area contributed by atoms with Gasteiger partial charge in [-0.2, -0.15) is 0 Å². The molecule has 0 spiro atoms. The van der Waals surface area contributed by atoms with Gasteiger partial charge in [0, 0.05) is 23.5 Å². The van der Waals surface area contributed by atoms with Gasteiger partial charge in [0.2, 0.25) is 0 Å². The first-order valence-electron chi connectivity index (χ1n) is 5.75. The molecule has 0 bridgehead atoms. The molecule has 0 unspecified atom stereocenters. The molecule has 0 atom stereocenters. The third-order valence-electron chi connectivity index (χ3n) is 2.81. The van der Waals surface area contributed by atoms with Crippen LogP contribution in [0, 0.1) is 5.82 Å². The average molecular weight is 248 g/mol. The van der Waals surface area contributed by atoms with Crippen molar-refractivity contribution in [3.63, 3.8) is 0 Å². The van der Waals surface area contributed by atoms with E-state index in [0.29, 0.717) is 11.6 Å². The van der Waals surface area contributed by atoms with Gasteiger partial charge in [-0.15, -0.1) is 11.3 Å². The number of nitrogens with one attached hydrogen (secondary N) is 1. The highest BCUT2D eigenvalue weighted by Gasteiger charge is 2.20. The lowest BCUT2D eigenvalue weighted by Gasteiger charge is -1.99. The van der Waals surface area contributed by atoms with Crippen molar-refractivity contribution in [2.24, 2.45) is 0 Å². The van der Waals surface area contributed by atoms with Crippen LogP contribution in [-0.4, -0.2) is 11.0 Å². The van der Waals surface area contributed by atoms with E-state index in [4.69, 9.17) is 0 Å². The van der Waals surface area contributed by atoms with Crippen molar-refractivity contribution in [1.29, 1.82) is 0 Å². The van der Waals surface area contributed by atoms with E-state index in [1.165, 1.54) is 30.2 Å². The van der Waals surface area contributed by atoms with Gasteiger partial charge in [-0.1, -0.05) is 12.1 Å². The fraction of sp³-hybridized carbons (Fsp3) is 0.308. The van der Waals surface area contributed by atoms with Crippen molar-refractivity contribution in [2.75, 3.05) is 0 Å². The summed E-state index contributed by atoms with van der Waals surface area (Å²) in [5.41, 5.74) is 1.59. The molecule has 2 aromatic rings. The van der Waals surface area contributed by atoms with Crippen LogP contribution in [0.2, 0.25) is 0 Å². The Morgan fingerprint density at radius 2 is 2.18 bits per heavy atom. The van der Waals surface area contributed by atoms with Crippen molar-refractivity contribution in [3.05, 3.63) is 41.2 Å². The van der Waals surface area contributed by atoms with Crippen LogP contribution < -0.4 is 5.32 Å². The molecule has 0 radical (unpaired) electrons. The van der Waals surface area contributed by atoms with Crippen molar-refractivity contribution in [1.82, 2.24) is 10.3 Å². The van der Waals surface area contributed by atoms with E-state index in [9.17, 15) is 4.39 Å². The molecule has 0 aliphatic heterocycles. The molecule has 0 saturated heterocycles. The fourth-order valence-corrected chi connectivity index (χ4v) is 2.53. The van der Waals surface area contributed by atoms with Gasteiger partial charge in [0.25, 0.3) is 0 Å². The Labute approximate surface area is 104 Å². The van der Waals surface area contributed by atoms with Crippen LogP contribution in [0.1, 0.15) is 18.5 Å². The zero-order chi connectivity index (χ0) is 11.7. The minimum Gasteiger partial charge on any atom is -0.308 e. The highest BCUT2D eigenvalue weighted by atomic mass is 32.1. The number of rotatable bonds is 4. The summed E-state index contributed by atoms with van der Waals surface area (Å²) >= 11 is 1.50. The van der Waals surface area contributed by atoms with Gasteiger partial charge in [-0.25, -0.2) is 9.37 Å². The van der Waals surface area contributed by atoms with Crippen molar-refractivity contribution >= 4 is 11.3 Å². The maximum absolute atomic E-state index is 13.6. The van der Waals surface area contributed by atoms with Gasteiger partial charge in [0.15, 0.2) is 0 Å². The fourth-order valence-electron chi connectivity index (χ4n) is 1.68. The lowest BCUT2D eigenvalue weighted by molar-refractivity contribution is 0.631. The summed E-state index contributed by atoms with van der Waals surface area (Å²) in [6.45, 7) is 0.787. The number of halogens is 1. The molecule has 1 aromatic heterocycles. The van der Waals surface area contributed by atoms with E-state index in [0.717, 1.165) is 17.2 Å². The highest BCUT2D eigenvalue weighted by molar-refractivity contribution is 7.13. The second-order valence-electron chi connectivity index (χ2n) is 4.28. The van der Waals surface area contributed by atoms with E-state index in [1.54, 1.807) is 12.1 Å². The number of hydrogen-bond acceptors (Lipinski definition) is 3. The third-order valence-corrected chi connectivity index (χ3v) is 3.73. The second-order valence-corrected chi connectivity index (χ2v) is 5.14. The summed E-state index contributed by atoms with van der Waals surface area (Å²) in [6.07, 6.45) is 2.54. The normalized spacial score (nSPS) is 15.1. The molecule has 88 valence electrons. The predicted molar refractivity (Wildman–Crippen MR) is 67.4 cm³/mol. The van der Waals surface area contributed by atoms with Crippen LogP contribution in [0.4, 0.5) is 4.39 Å². The molecule has 1 saturated carbocycles. The summed E-state index contributed by atoms with van der Waals surface area (Å²) in [6, 6.07) is 7.45. The molecule has 1 aliphatic rings. The topological polar surface area (TPSA) is 24.9 Å². The molecule has 1 aliphatic carbocycles. The summed E-state index contributed by atoms with van der Waals surface area (Å²) in [5.74, 6) is -0.205. The third kappa shape index (κ3) is 2.53. The minimum absolute atomic E-state index is 0.205. The highest BCUT2D eigenvalue weighted by Crippen LogP contribution is 2.26. The van der Waals surface area contributed by atoms with Crippen LogP contribution in [0.25, 0.3) is 10.6 Å². The Hall–Kier alpha value is -1.26. The molecular formula is C13H13FN2S. The molecule has 3 rings (SSSR count). The van der Waals surface area contributed by atoms with Gasteiger partial charge in [-0.3, -0.25) is 0 Å². The molecule has 1 fully saturated rings. The maximum Gasteiger partial charge on any atom is 0.133 e. The molecule has 17 heavy (non-hydrogen) atoms. The van der Waals surface area contributed by atoms with E-state index < -0.39 is 0 Å². The van der Waals surface area contributed by atoms with Crippen LogP contribution in [0.15, 0.2) is 29.6 Å². The molecule has 2 nitrogen and oxygen atoms in total. The number of thiazole rings is 1.